The van der Waals surface area contributed by atoms with Gasteiger partial charge in [0.2, 0.25) is 6.71 Å². The lowest BCUT2D eigenvalue weighted by Gasteiger charge is -2.25. The second kappa shape index (κ2) is 10.4. The Labute approximate surface area is 188 Å². The minimum atomic E-state index is -0.107. The summed E-state index contributed by atoms with van der Waals surface area (Å²) >= 11 is 0. The molecule has 31 heavy (non-hydrogen) atoms. The molecule has 0 aromatic heterocycles. The molecule has 0 saturated carbocycles. The van der Waals surface area contributed by atoms with Gasteiger partial charge in [-0.15, -0.1) is 7.92 Å². The number of allylic oxidation sites excluding steroid dienone is 1. The maximum absolute atomic E-state index is 2.38. The molecule has 152 valence electrons. The molecule has 0 radical (unpaired) electrons. The molecule has 0 heterocycles. The summed E-state index contributed by atoms with van der Waals surface area (Å²) in [7, 11) is -0.107. The van der Waals surface area contributed by atoms with Gasteiger partial charge in [0.05, 0.1) is 0 Å². The summed E-state index contributed by atoms with van der Waals surface area (Å²) in [6, 6.07) is 43.8. The maximum atomic E-state index is 2.38. The molecule has 0 saturated heterocycles. The van der Waals surface area contributed by atoms with E-state index in [-0.39, 0.29) is 14.6 Å². The summed E-state index contributed by atoms with van der Waals surface area (Å²) in [4.78, 5) is 0. The zero-order valence-electron chi connectivity index (χ0n) is 18.3. The van der Waals surface area contributed by atoms with E-state index in [0.717, 1.165) is 6.16 Å². The van der Waals surface area contributed by atoms with Gasteiger partial charge in [-0.1, -0.05) is 138 Å². The first-order valence-electron chi connectivity index (χ1n) is 10.8. The zero-order chi connectivity index (χ0) is 21.5. The molecule has 4 rings (SSSR count). The molecule has 0 nitrogen and oxygen atoms in total. The molecule has 0 aliphatic rings. The molecule has 0 fully saturated rings. The van der Waals surface area contributed by atoms with E-state index in [1.807, 2.05) is 0 Å². The van der Waals surface area contributed by atoms with Crippen LogP contribution in [-0.2, 0) is 0 Å². The number of hydrogen-bond acceptors (Lipinski definition) is 0. The molecule has 0 spiro atoms. The summed E-state index contributed by atoms with van der Waals surface area (Å²) in [5, 5.41) is 0. The Bertz CT molecular complexity index is 1070. The van der Waals surface area contributed by atoms with Crippen molar-refractivity contribution >= 4 is 36.6 Å². The molecular formula is C29H28BP. The van der Waals surface area contributed by atoms with E-state index < -0.39 is 0 Å². The van der Waals surface area contributed by atoms with E-state index in [0.29, 0.717) is 0 Å². The van der Waals surface area contributed by atoms with E-state index in [2.05, 4.69) is 135 Å². The highest BCUT2D eigenvalue weighted by Gasteiger charge is 2.28. The fourth-order valence-electron chi connectivity index (χ4n) is 4.24. The first kappa shape index (κ1) is 21.4. The number of rotatable bonds is 7. The van der Waals surface area contributed by atoms with Gasteiger partial charge < -0.3 is 0 Å². The van der Waals surface area contributed by atoms with Crippen LogP contribution in [0.3, 0.4) is 0 Å². The van der Waals surface area contributed by atoms with Crippen molar-refractivity contribution < 1.29 is 0 Å². The van der Waals surface area contributed by atoms with Gasteiger partial charge in [0, 0.05) is 0 Å². The lowest BCUT2D eigenvalue weighted by Crippen LogP contribution is -2.44. The summed E-state index contributed by atoms with van der Waals surface area (Å²) < 4.78 is 0. The lowest BCUT2D eigenvalue weighted by atomic mass is 9.34. The summed E-state index contributed by atoms with van der Waals surface area (Å²) in [5.41, 5.74) is 8.17. The van der Waals surface area contributed by atoms with E-state index in [9.17, 15) is 0 Å². The Morgan fingerprint density at radius 2 is 0.935 bits per heavy atom. The van der Waals surface area contributed by atoms with Crippen LogP contribution in [0.25, 0.3) is 11.0 Å². The zero-order valence-corrected chi connectivity index (χ0v) is 19.2. The third kappa shape index (κ3) is 5.24. The maximum Gasteiger partial charge on any atom is 0.242 e. The monoisotopic (exact) mass is 418 g/mol. The van der Waals surface area contributed by atoms with Crippen LogP contribution in [0, 0.1) is 0 Å². The van der Waals surface area contributed by atoms with E-state index in [4.69, 9.17) is 0 Å². The third-order valence-electron chi connectivity index (χ3n) is 5.56. The van der Waals surface area contributed by atoms with Gasteiger partial charge >= 0.3 is 0 Å². The van der Waals surface area contributed by atoms with Crippen molar-refractivity contribution in [3.63, 3.8) is 0 Å². The van der Waals surface area contributed by atoms with Gasteiger partial charge in [0.1, 0.15) is 0 Å². The van der Waals surface area contributed by atoms with Crippen LogP contribution in [0.1, 0.15) is 11.1 Å². The summed E-state index contributed by atoms with van der Waals surface area (Å²) in [5.74, 6) is 0. The van der Waals surface area contributed by atoms with Crippen molar-refractivity contribution in [2.45, 2.75) is 0 Å². The Morgan fingerprint density at radius 1 is 0.548 bits per heavy atom. The van der Waals surface area contributed by atoms with E-state index in [1.54, 1.807) is 0 Å². The fraction of sp³-hybridized carbons (Fsp3) is 0.103. The normalized spacial score (nSPS) is 11.8. The average molecular weight is 418 g/mol. The Hall–Kier alpha value is -2.89. The molecule has 0 unspecified atom stereocenters. The molecule has 0 atom stereocenters. The highest BCUT2D eigenvalue weighted by molar-refractivity contribution is 7.56. The van der Waals surface area contributed by atoms with Gasteiger partial charge in [-0.25, -0.2) is 0 Å². The summed E-state index contributed by atoms with van der Waals surface area (Å²) in [6.45, 7) is 4.93. The minimum Gasteiger partial charge on any atom is -0.109 e. The first-order valence-corrected chi connectivity index (χ1v) is 13.2. The van der Waals surface area contributed by atoms with Crippen molar-refractivity contribution in [2.75, 3.05) is 19.5 Å². The Morgan fingerprint density at radius 3 is 1.35 bits per heavy atom. The highest BCUT2D eigenvalue weighted by atomic mass is 31.1. The molecule has 4 aromatic rings. The van der Waals surface area contributed by atoms with E-state index >= 15 is 0 Å². The third-order valence-corrected chi connectivity index (χ3v) is 6.51. The standard InChI is InChI=1S/C29H28BP/c1-31(2)23-28(24-15-7-3-8-16-24)29(25-17-9-4-10-18-25)30(26-19-11-5-12-20-26)27-21-13-6-14-22-27/h3-22H,23H2,1-2H3/b29-28+. The van der Waals surface area contributed by atoms with Gasteiger partial charge in [-0.2, -0.15) is 0 Å². The predicted octanol–water partition coefficient (Wildman–Crippen LogP) is 6.19. The smallest absolute Gasteiger partial charge is 0.109 e. The fourth-order valence-corrected chi connectivity index (χ4v) is 5.22. The van der Waals surface area contributed by atoms with Crippen LogP contribution in [-0.4, -0.2) is 26.2 Å². The summed E-state index contributed by atoms with van der Waals surface area (Å²) in [6.07, 6.45) is 1.10. The van der Waals surface area contributed by atoms with Crippen molar-refractivity contribution in [1.82, 2.24) is 0 Å². The SMILES string of the molecule is CP(C)C/C(=C(\B(c1ccccc1)c1ccccc1)c1ccccc1)c1ccccc1. The van der Waals surface area contributed by atoms with Gasteiger partial charge in [-0.05, 0) is 36.2 Å². The van der Waals surface area contributed by atoms with Crippen molar-refractivity contribution in [3.05, 3.63) is 132 Å². The molecule has 0 aliphatic heterocycles. The van der Waals surface area contributed by atoms with Crippen molar-refractivity contribution in [1.29, 1.82) is 0 Å². The largest absolute Gasteiger partial charge is 0.242 e. The second-order valence-corrected chi connectivity index (χ2v) is 10.6. The molecule has 2 heteroatoms. The van der Waals surface area contributed by atoms with Gasteiger partial charge in [0.25, 0.3) is 0 Å². The Balaban J connectivity index is 2.06. The van der Waals surface area contributed by atoms with Crippen LogP contribution >= 0.6 is 7.92 Å². The van der Waals surface area contributed by atoms with Crippen LogP contribution in [0.4, 0.5) is 0 Å². The topological polar surface area (TPSA) is 0 Å². The quantitative estimate of drug-likeness (QED) is 0.191. The minimum absolute atomic E-state index is 0.107. The van der Waals surface area contributed by atoms with Gasteiger partial charge in [0.15, 0.2) is 0 Å². The van der Waals surface area contributed by atoms with Crippen LogP contribution < -0.4 is 10.9 Å². The molecule has 0 N–H and O–H groups in total. The van der Waals surface area contributed by atoms with Crippen molar-refractivity contribution in [3.8, 4) is 0 Å². The number of benzene rings is 4. The predicted molar refractivity (Wildman–Crippen MR) is 141 cm³/mol. The molecule has 0 amide bonds. The Kier molecular flexibility index (Phi) is 7.18. The van der Waals surface area contributed by atoms with Crippen LogP contribution in [0.5, 0.6) is 0 Å². The van der Waals surface area contributed by atoms with Crippen LogP contribution in [0.2, 0.25) is 0 Å². The molecule has 4 aromatic carbocycles. The highest BCUT2D eigenvalue weighted by Crippen LogP contribution is 2.37. The number of hydrogen-bond donors (Lipinski definition) is 0. The van der Waals surface area contributed by atoms with Crippen LogP contribution in [0.15, 0.2) is 121 Å². The van der Waals surface area contributed by atoms with Crippen molar-refractivity contribution in [2.24, 2.45) is 0 Å². The lowest BCUT2D eigenvalue weighted by molar-refractivity contribution is 1.56. The first-order chi connectivity index (χ1) is 15.2. The van der Waals surface area contributed by atoms with E-state index in [1.165, 1.54) is 33.1 Å². The molecular weight excluding hydrogens is 390 g/mol. The average Bonchev–Trinajstić information content (AvgIpc) is 2.83. The second-order valence-electron chi connectivity index (χ2n) is 8.12. The molecule has 0 bridgehead atoms. The van der Waals surface area contributed by atoms with Gasteiger partial charge in [-0.3, -0.25) is 0 Å². The molecule has 0 aliphatic carbocycles.